The topological polar surface area (TPSA) is 24.1 Å². The lowest BCUT2D eigenvalue weighted by atomic mass is 9.88. The van der Waals surface area contributed by atoms with Crippen molar-refractivity contribution in [3.63, 3.8) is 0 Å². The maximum atomic E-state index is 3.89. The van der Waals surface area contributed by atoms with Gasteiger partial charge in [-0.2, -0.15) is 0 Å². The van der Waals surface area contributed by atoms with Crippen molar-refractivity contribution in [1.29, 1.82) is 0 Å². The average Bonchev–Trinajstić information content (AvgIpc) is 2.75. The van der Waals surface area contributed by atoms with E-state index in [1.807, 2.05) is 0 Å². The van der Waals surface area contributed by atoms with E-state index in [1.54, 1.807) is 11.1 Å². The van der Waals surface area contributed by atoms with E-state index in [0.717, 1.165) is 6.04 Å². The van der Waals surface area contributed by atoms with Gasteiger partial charge in [0.15, 0.2) is 0 Å². The molecular formula is C19H30N2. The summed E-state index contributed by atoms with van der Waals surface area (Å²) in [6.45, 7) is 3.58. The van der Waals surface area contributed by atoms with E-state index in [0.29, 0.717) is 12.1 Å². The van der Waals surface area contributed by atoms with Crippen molar-refractivity contribution in [1.82, 2.24) is 10.6 Å². The molecule has 1 aromatic carbocycles. The Balaban J connectivity index is 1.48. The molecule has 1 fully saturated rings. The minimum atomic E-state index is 0.621. The van der Waals surface area contributed by atoms with Crippen LogP contribution in [-0.4, -0.2) is 24.7 Å². The van der Waals surface area contributed by atoms with E-state index in [-0.39, 0.29) is 0 Å². The van der Waals surface area contributed by atoms with Gasteiger partial charge in [-0.1, -0.05) is 37.1 Å². The predicted octanol–water partition coefficient (Wildman–Crippen LogP) is 3.44. The lowest BCUT2D eigenvalue weighted by Gasteiger charge is -2.30. The fraction of sp³-hybridized carbons (Fsp3) is 0.684. The summed E-state index contributed by atoms with van der Waals surface area (Å²) in [5, 5.41) is 7.61. The second-order valence-corrected chi connectivity index (χ2v) is 7.01. The number of fused-ring (bicyclic) bond motifs is 1. The molecule has 0 aromatic heterocycles. The van der Waals surface area contributed by atoms with Crippen LogP contribution in [0.3, 0.4) is 0 Å². The van der Waals surface area contributed by atoms with Gasteiger partial charge in [0.25, 0.3) is 0 Å². The predicted molar refractivity (Wildman–Crippen MR) is 89.7 cm³/mol. The molecule has 3 unspecified atom stereocenters. The zero-order chi connectivity index (χ0) is 14.5. The molecule has 3 rings (SSSR count). The van der Waals surface area contributed by atoms with Crippen LogP contribution in [0.25, 0.3) is 0 Å². The van der Waals surface area contributed by atoms with Gasteiger partial charge in [0.1, 0.15) is 0 Å². The summed E-state index contributed by atoms with van der Waals surface area (Å²) in [6, 6.07) is 11.0. The van der Waals surface area contributed by atoms with Gasteiger partial charge in [-0.25, -0.2) is 0 Å². The maximum Gasteiger partial charge on any atom is 0.0113 e. The molecule has 2 heteroatoms. The average molecular weight is 286 g/mol. The summed E-state index contributed by atoms with van der Waals surface area (Å²) in [6.07, 6.45) is 10.5. The second-order valence-electron chi connectivity index (χ2n) is 7.01. The summed E-state index contributed by atoms with van der Waals surface area (Å²) in [7, 11) is 0. The highest BCUT2D eigenvalue weighted by Gasteiger charge is 2.21. The van der Waals surface area contributed by atoms with E-state index < -0.39 is 0 Å². The monoisotopic (exact) mass is 286 g/mol. The number of aryl methyl sites for hydroxylation is 1. The number of nitrogens with one attached hydrogen (secondary N) is 2. The molecule has 0 bridgehead atoms. The van der Waals surface area contributed by atoms with Crippen LogP contribution in [0.5, 0.6) is 0 Å². The van der Waals surface area contributed by atoms with Crippen molar-refractivity contribution in [2.45, 2.75) is 76.4 Å². The van der Waals surface area contributed by atoms with Crippen LogP contribution in [0.4, 0.5) is 0 Å². The van der Waals surface area contributed by atoms with Crippen molar-refractivity contribution in [3.05, 3.63) is 35.4 Å². The minimum Gasteiger partial charge on any atom is -0.314 e. The van der Waals surface area contributed by atoms with Gasteiger partial charge >= 0.3 is 0 Å². The third kappa shape index (κ3) is 4.31. The summed E-state index contributed by atoms with van der Waals surface area (Å²) < 4.78 is 0. The van der Waals surface area contributed by atoms with Crippen LogP contribution in [0.15, 0.2) is 24.3 Å². The van der Waals surface area contributed by atoms with Crippen molar-refractivity contribution in [3.8, 4) is 0 Å². The van der Waals surface area contributed by atoms with Crippen LogP contribution in [-0.2, 0) is 12.8 Å². The van der Waals surface area contributed by atoms with Gasteiger partial charge in [-0.15, -0.1) is 0 Å². The molecule has 2 N–H and O–H groups in total. The Bertz CT molecular complexity index is 435. The molecule has 0 spiro atoms. The zero-order valence-electron chi connectivity index (χ0n) is 13.4. The van der Waals surface area contributed by atoms with Gasteiger partial charge in [-0.3, -0.25) is 0 Å². The first-order chi connectivity index (χ1) is 10.3. The van der Waals surface area contributed by atoms with E-state index in [2.05, 4.69) is 41.8 Å². The highest BCUT2D eigenvalue weighted by molar-refractivity contribution is 5.30. The summed E-state index contributed by atoms with van der Waals surface area (Å²) >= 11 is 0. The Morgan fingerprint density at radius 2 is 2.00 bits per heavy atom. The van der Waals surface area contributed by atoms with Gasteiger partial charge in [0.05, 0.1) is 0 Å². The molecule has 0 radical (unpaired) electrons. The molecule has 2 nitrogen and oxygen atoms in total. The van der Waals surface area contributed by atoms with Crippen LogP contribution in [0, 0.1) is 0 Å². The number of hydrogen-bond acceptors (Lipinski definition) is 2. The normalized spacial score (nSPS) is 27.7. The highest BCUT2D eigenvalue weighted by Crippen LogP contribution is 2.22. The molecule has 116 valence electrons. The lowest BCUT2D eigenvalue weighted by Crippen LogP contribution is -2.43. The Morgan fingerprint density at radius 1 is 1.14 bits per heavy atom. The largest absolute Gasteiger partial charge is 0.314 e. The fourth-order valence-electron chi connectivity index (χ4n) is 4.04. The number of hydrogen-bond donors (Lipinski definition) is 2. The van der Waals surface area contributed by atoms with Crippen LogP contribution >= 0.6 is 0 Å². The second kappa shape index (κ2) is 7.42. The molecule has 1 heterocycles. The van der Waals surface area contributed by atoms with Gasteiger partial charge in [-0.05, 0) is 63.1 Å². The summed E-state index contributed by atoms with van der Waals surface area (Å²) in [4.78, 5) is 0. The number of benzene rings is 1. The van der Waals surface area contributed by atoms with Gasteiger partial charge in [0, 0.05) is 18.1 Å². The molecule has 0 saturated carbocycles. The fourth-order valence-corrected chi connectivity index (χ4v) is 4.04. The molecule has 1 aromatic rings. The molecule has 2 aliphatic rings. The molecule has 21 heavy (non-hydrogen) atoms. The minimum absolute atomic E-state index is 0.621. The van der Waals surface area contributed by atoms with Crippen LogP contribution in [0.1, 0.15) is 56.6 Å². The van der Waals surface area contributed by atoms with Crippen LogP contribution < -0.4 is 10.6 Å². The molecular weight excluding hydrogens is 256 g/mol. The summed E-state index contributed by atoms with van der Waals surface area (Å²) in [5.41, 5.74) is 3.12. The van der Waals surface area contributed by atoms with Crippen molar-refractivity contribution >= 4 is 0 Å². The maximum absolute atomic E-state index is 3.89. The van der Waals surface area contributed by atoms with E-state index in [4.69, 9.17) is 0 Å². The zero-order valence-corrected chi connectivity index (χ0v) is 13.4. The molecule has 1 saturated heterocycles. The van der Waals surface area contributed by atoms with Gasteiger partial charge in [0.2, 0.25) is 0 Å². The first kappa shape index (κ1) is 15.1. The Morgan fingerprint density at radius 3 is 2.90 bits per heavy atom. The van der Waals surface area contributed by atoms with Crippen molar-refractivity contribution in [2.75, 3.05) is 6.54 Å². The smallest absolute Gasteiger partial charge is 0.0113 e. The van der Waals surface area contributed by atoms with Gasteiger partial charge < -0.3 is 10.6 Å². The Kier molecular flexibility index (Phi) is 5.32. The van der Waals surface area contributed by atoms with E-state index in [9.17, 15) is 0 Å². The molecule has 3 atom stereocenters. The molecule has 1 aliphatic heterocycles. The number of rotatable bonds is 4. The SMILES string of the molecule is CC(CC1CCCCCN1)NC1CCc2ccccc2C1. The summed E-state index contributed by atoms with van der Waals surface area (Å²) in [5.74, 6) is 0. The Labute approximate surface area is 129 Å². The Hall–Kier alpha value is -0.860. The van der Waals surface area contributed by atoms with E-state index in [1.165, 1.54) is 57.9 Å². The first-order valence-corrected chi connectivity index (χ1v) is 8.87. The lowest BCUT2D eigenvalue weighted by molar-refractivity contribution is 0.352. The highest BCUT2D eigenvalue weighted by atomic mass is 15.0. The molecule has 1 aliphatic carbocycles. The third-order valence-corrected chi connectivity index (χ3v) is 5.17. The van der Waals surface area contributed by atoms with Crippen molar-refractivity contribution < 1.29 is 0 Å². The third-order valence-electron chi connectivity index (χ3n) is 5.17. The quantitative estimate of drug-likeness (QED) is 0.886. The van der Waals surface area contributed by atoms with Crippen LogP contribution in [0.2, 0.25) is 0 Å². The van der Waals surface area contributed by atoms with Crippen molar-refractivity contribution in [2.24, 2.45) is 0 Å². The first-order valence-electron chi connectivity index (χ1n) is 8.87. The van der Waals surface area contributed by atoms with E-state index >= 15 is 0 Å². The molecule has 0 amide bonds. The standard InChI is InChI=1S/C19H30N2/c1-15(13-18-9-3-2-6-12-20-18)21-19-11-10-16-7-4-5-8-17(16)14-19/h4-5,7-8,15,18-21H,2-3,6,9-14H2,1H3.